The van der Waals surface area contributed by atoms with Gasteiger partial charge in [-0.15, -0.1) is 0 Å². The SMILES string of the molecule is Cc1cc(-c2nc(CC(C)C)cc(NN)n2)cc(C)c1O. The predicted molar refractivity (Wildman–Crippen MR) is 85.0 cm³/mol. The van der Waals surface area contributed by atoms with Gasteiger partial charge in [-0.2, -0.15) is 0 Å². The van der Waals surface area contributed by atoms with E-state index in [2.05, 4.69) is 29.2 Å². The van der Waals surface area contributed by atoms with E-state index in [0.29, 0.717) is 23.3 Å². The summed E-state index contributed by atoms with van der Waals surface area (Å²) < 4.78 is 0. The van der Waals surface area contributed by atoms with E-state index in [1.54, 1.807) is 0 Å². The summed E-state index contributed by atoms with van der Waals surface area (Å²) in [5, 5.41) is 9.88. The first-order valence-electron chi connectivity index (χ1n) is 7.06. The Morgan fingerprint density at radius 2 is 1.76 bits per heavy atom. The van der Waals surface area contributed by atoms with Crippen LogP contribution in [0.4, 0.5) is 5.82 Å². The third-order valence-corrected chi connectivity index (χ3v) is 3.29. The van der Waals surface area contributed by atoms with Crippen LogP contribution < -0.4 is 11.3 Å². The molecule has 2 rings (SSSR count). The standard InChI is InChI=1S/C16H22N4O/c1-9(2)5-13-8-14(20-17)19-16(18-13)12-6-10(3)15(21)11(4)7-12/h6-9,21H,5,17H2,1-4H3,(H,18,19,20). The van der Waals surface area contributed by atoms with Crippen LogP contribution in [0.25, 0.3) is 11.4 Å². The maximum absolute atomic E-state index is 9.88. The summed E-state index contributed by atoms with van der Waals surface area (Å²) in [7, 11) is 0. The zero-order valence-corrected chi connectivity index (χ0v) is 12.9. The quantitative estimate of drug-likeness (QED) is 0.594. The van der Waals surface area contributed by atoms with E-state index >= 15 is 0 Å². The molecule has 0 aliphatic heterocycles. The maximum Gasteiger partial charge on any atom is 0.161 e. The Morgan fingerprint density at radius 1 is 1.14 bits per heavy atom. The Morgan fingerprint density at radius 3 is 2.29 bits per heavy atom. The molecule has 4 N–H and O–H groups in total. The van der Waals surface area contributed by atoms with Gasteiger partial charge in [-0.1, -0.05) is 13.8 Å². The molecule has 0 saturated heterocycles. The molecule has 5 heteroatoms. The van der Waals surface area contributed by atoms with Crippen LogP contribution in [0, 0.1) is 19.8 Å². The molecule has 0 bridgehead atoms. The molecule has 0 aliphatic rings. The number of nitrogens with zero attached hydrogens (tertiary/aromatic N) is 2. The lowest BCUT2D eigenvalue weighted by Crippen LogP contribution is -2.11. The first-order chi connectivity index (χ1) is 9.90. The van der Waals surface area contributed by atoms with Crippen molar-refractivity contribution >= 4 is 5.82 Å². The molecule has 0 aliphatic carbocycles. The van der Waals surface area contributed by atoms with Crippen molar-refractivity contribution in [2.75, 3.05) is 5.43 Å². The van der Waals surface area contributed by atoms with Gasteiger partial charge in [0.2, 0.25) is 0 Å². The topological polar surface area (TPSA) is 84.1 Å². The van der Waals surface area contributed by atoms with E-state index in [9.17, 15) is 5.11 Å². The van der Waals surface area contributed by atoms with Gasteiger partial charge < -0.3 is 10.5 Å². The number of rotatable bonds is 4. The predicted octanol–water partition coefficient (Wildman–Crippen LogP) is 2.95. The molecule has 2 aromatic rings. The number of hydrazine groups is 1. The lowest BCUT2D eigenvalue weighted by Gasteiger charge is -2.11. The molecular weight excluding hydrogens is 264 g/mol. The highest BCUT2D eigenvalue weighted by atomic mass is 16.3. The summed E-state index contributed by atoms with van der Waals surface area (Å²) in [4.78, 5) is 9.03. The lowest BCUT2D eigenvalue weighted by atomic mass is 10.0. The van der Waals surface area contributed by atoms with Crippen molar-refractivity contribution < 1.29 is 5.11 Å². The van der Waals surface area contributed by atoms with E-state index in [-0.39, 0.29) is 0 Å². The minimum absolute atomic E-state index is 0.314. The van der Waals surface area contributed by atoms with E-state index < -0.39 is 0 Å². The van der Waals surface area contributed by atoms with Gasteiger partial charge in [0.1, 0.15) is 11.6 Å². The van der Waals surface area contributed by atoms with Crippen molar-refractivity contribution in [2.24, 2.45) is 11.8 Å². The number of hydrogen-bond donors (Lipinski definition) is 3. The summed E-state index contributed by atoms with van der Waals surface area (Å²) in [5.41, 5.74) is 6.04. The molecule has 0 atom stereocenters. The van der Waals surface area contributed by atoms with Gasteiger partial charge in [0, 0.05) is 17.3 Å². The third-order valence-electron chi connectivity index (χ3n) is 3.29. The Bertz CT molecular complexity index is 630. The number of phenols is 1. The normalized spacial score (nSPS) is 11.0. The molecule has 5 nitrogen and oxygen atoms in total. The highest BCUT2D eigenvalue weighted by molar-refractivity contribution is 5.62. The second-order valence-corrected chi connectivity index (χ2v) is 5.77. The number of aromatic nitrogens is 2. The van der Waals surface area contributed by atoms with Crippen molar-refractivity contribution in [1.82, 2.24) is 9.97 Å². The number of nitrogen functional groups attached to an aromatic ring is 1. The van der Waals surface area contributed by atoms with Crippen molar-refractivity contribution in [3.8, 4) is 17.1 Å². The van der Waals surface area contributed by atoms with Crippen LogP contribution in [0.2, 0.25) is 0 Å². The fourth-order valence-corrected chi connectivity index (χ4v) is 2.31. The summed E-state index contributed by atoms with van der Waals surface area (Å²) in [5.74, 6) is 7.53. The van der Waals surface area contributed by atoms with Gasteiger partial charge in [0.15, 0.2) is 5.82 Å². The third kappa shape index (κ3) is 3.49. The second kappa shape index (κ2) is 6.10. The molecule has 0 unspecified atom stereocenters. The van der Waals surface area contributed by atoms with Crippen LogP contribution >= 0.6 is 0 Å². The largest absolute Gasteiger partial charge is 0.507 e. The summed E-state index contributed by atoms with van der Waals surface area (Å²) in [6, 6.07) is 5.64. The van der Waals surface area contributed by atoms with Crippen LogP contribution in [0.1, 0.15) is 30.7 Å². The van der Waals surface area contributed by atoms with Gasteiger partial charge >= 0.3 is 0 Å². The lowest BCUT2D eigenvalue weighted by molar-refractivity contribution is 0.467. The highest BCUT2D eigenvalue weighted by Gasteiger charge is 2.11. The molecule has 0 amide bonds. The molecule has 21 heavy (non-hydrogen) atoms. The summed E-state index contributed by atoms with van der Waals surface area (Å²) >= 11 is 0. The average molecular weight is 286 g/mol. The van der Waals surface area contributed by atoms with Crippen molar-refractivity contribution in [3.05, 3.63) is 35.0 Å². The van der Waals surface area contributed by atoms with E-state index in [1.807, 2.05) is 32.0 Å². The van der Waals surface area contributed by atoms with E-state index in [0.717, 1.165) is 28.8 Å². The Hall–Kier alpha value is -2.14. The van der Waals surface area contributed by atoms with Crippen LogP contribution in [0.3, 0.4) is 0 Å². The first kappa shape index (κ1) is 15.3. The number of phenolic OH excluding ortho intramolecular Hbond substituents is 1. The highest BCUT2D eigenvalue weighted by Crippen LogP contribution is 2.28. The second-order valence-electron chi connectivity index (χ2n) is 5.77. The van der Waals surface area contributed by atoms with Crippen LogP contribution in [-0.2, 0) is 6.42 Å². The molecule has 1 heterocycles. The molecule has 0 radical (unpaired) electrons. The van der Waals surface area contributed by atoms with Crippen LogP contribution in [0.15, 0.2) is 18.2 Å². The van der Waals surface area contributed by atoms with Crippen LogP contribution in [0.5, 0.6) is 5.75 Å². The number of aromatic hydroxyl groups is 1. The fourth-order valence-electron chi connectivity index (χ4n) is 2.31. The molecule has 0 fully saturated rings. The van der Waals surface area contributed by atoms with Crippen molar-refractivity contribution in [3.63, 3.8) is 0 Å². The monoisotopic (exact) mass is 286 g/mol. The Labute approximate surface area is 125 Å². The number of nitrogens with two attached hydrogens (primary N) is 1. The number of anilines is 1. The fraction of sp³-hybridized carbons (Fsp3) is 0.375. The molecular formula is C16H22N4O. The van der Waals surface area contributed by atoms with E-state index in [4.69, 9.17) is 5.84 Å². The Balaban J connectivity index is 2.52. The van der Waals surface area contributed by atoms with Gasteiger partial charge in [-0.05, 0) is 49.4 Å². The average Bonchev–Trinajstić information content (AvgIpc) is 2.43. The number of benzene rings is 1. The van der Waals surface area contributed by atoms with Gasteiger partial charge in [0.25, 0.3) is 0 Å². The molecule has 0 spiro atoms. The van der Waals surface area contributed by atoms with Gasteiger partial charge in [0.05, 0.1) is 0 Å². The molecule has 0 saturated carbocycles. The summed E-state index contributed by atoms with van der Waals surface area (Å²) in [6.45, 7) is 8.02. The minimum atomic E-state index is 0.314. The first-order valence-corrected chi connectivity index (χ1v) is 7.06. The maximum atomic E-state index is 9.88. The van der Waals surface area contributed by atoms with Crippen LogP contribution in [-0.4, -0.2) is 15.1 Å². The molecule has 1 aromatic carbocycles. The van der Waals surface area contributed by atoms with Gasteiger partial charge in [-0.25, -0.2) is 15.8 Å². The minimum Gasteiger partial charge on any atom is -0.507 e. The van der Waals surface area contributed by atoms with Crippen molar-refractivity contribution in [2.45, 2.75) is 34.1 Å². The number of nitrogens with one attached hydrogen (secondary N) is 1. The smallest absolute Gasteiger partial charge is 0.161 e. The Kier molecular flexibility index (Phi) is 4.43. The van der Waals surface area contributed by atoms with E-state index in [1.165, 1.54) is 0 Å². The number of aryl methyl sites for hydroxylation is 2. The van der Waals surface area contributed by atoms with Gasteiger partial charge in [-0.3, -0.25) is 0 Å². The zero-order valence-electron chi connectivity index (χ0n) is 12.9. The zero-order chi connectivity index (χ0) is 15.6. The number of hydrogen-bond acceptors (Lipinski definition) is 5. The van der Waals surface area contributed by atoms with Crippen molar-refractivity contribution in [1.29, 1.82) is 0 Å². The summed E-state index contributed by atoms with van der Waals surface area (Å²) in [6.07, 6.45) is 0.861. The molecule has 1 aromatic heterocycles. The molecule has 112 valence electrons.